The van der Waals surface area contributed by atoms with Crippen LogP contribution >= 0.6 is 0 Å². The standard InChI is InChI=1S/C18H18FNO3S/c1-24(22,23)17-10-4-14(5-11-17)18(21)20(16-8-9-16)12-13-2-6-15(19)7-3-13/h2-7,10-11,16H,8-9,12H2,1H3. The summed E-state index contributed by atoms with van der Waals surface area (Å²) in [5.41, 5.74) is 1.32. The van der Waals surface area contributed by atoms with Crippen molar-refractivity contribution < 1.29 is 17.6 Å². The van der Waals surface area contributed by atoms with Crippen LogP contribution in [0.15, 0.2) is 53.4 Å². The van der Waals surface area contributed by atoms with Crippen LogP contribution in [-0.4, -0.2) is 31.5 Å². The zero-order chi connectivity index (χ0) is 17.3. The Labute approximate surface area is 140 Å². The molecule has 1 saturated carbocycles. The topological polar surface area (TPSA) is 54.5 Å². The molecular weight excluding hydrogens is 329 g/mol. The molecule has 0 saturated heterocycles. The Kier molecular flexibility index (Phi) is 4.41. The van der Waals surface area contributed by atoms with Crippen LogP contribution in [0.3, 0.4) is 0 Å². The first-order chi connectivity index (χ1) is 11.3. The molecular formula is C18H18FNO3S. The largest absolute Gasteiger partial charge is 0.331 e. The van der Waals surface area contributed by atoms with Gasteiger partial charge in [0.25, 0.3) is 5.91 Å². The van der Waals surface area contributed by atoms with Crippen LogP contribution in [0, 0.1) is 5.82 Å². The first-order valence-electron chi connectivity index (χ1n) is 7.70. The number of benzene rings is 2. The molecule has 0 heterocycles. The predicted molar refractivity (Wildman–Crippen MR) is 88.8 cm³/mol. The van der Waals surface area contributed by atoms with E-state index in [9.17, 15) is 17.6 Å². The molecule has 1 fully saturated rings. The molecule has 0 atom stereocenters. The second-order valence-corrected chi connectivity index (χ2v) is 8.10. The van der Waals surface area contributed by atoms with E-state index in [-0.39, 0.29) is 22.7 Å². The number of halogens is 1. The van der Waals surface area contributed by atoms with Crippen molar-refractivity contribution in [2.75, 3.05) is 6.26 Å². The molecule has 0 spiro atoms. The molecule has 6 heteroatoms. The minimum Gasteiger partial charge on any atom is -0.331 e. The van der Waals surface area contributed by atoms with Crippen molar-refractivity contribution in [1.82, 2.24) is 4.90 Å². The highest BCUT2D eigenvalue weighted by molar-refractivity contribution is 7.90. The van der Waals surface area contributed by atoms with Gasteiger partial charge in [-0.1, -0.05) is 12.1 Å². The van der Waals surface area contributed by atoms with Crippen LogP contribution in [0.2, 0.25) is 0 Å². The number of rotatable bonds is 5. The Bertz CT molecular complexity index is 841. The normalized spacial score (nSPS) is 14.4. The van der Waals surface area contributed by atoms with Gasteiger partial charge in [-0.05, 0) is 54.8 Å². The average Bonchev–Trinajstić information content (AvgIpc) is 3.38. The first-order valence-corrected chi connectivity index (χ1v) is 9.59. The van der Waals surface area contributed by atoms with Gasteiger partial charge < -0.3 is 4.90 Å². The predicted octanol–water partition coefficient (Wildman–Crippen LogP) is 3.03. The third-order valence-electron chi connectivity index (χ3n) is 4.04. The van der Waals surface area contributed by atoms with E-state index in [4.69, 9.17) is 0 Å². The molecule has 24 heavy (non-hydrogen) atoms. The van der Waals surface area contributed by atoms with E-state index in [2.05, 4.69) is 0 Å². The molecule has 2 aromatic carbocycles. The molecule has 1 aliphatic rings. The quantitative estimate of drug-likeness (QED) is 0.835. The summed E-state index contributed by atoms with van der Waals surface area (Å²) in [6, 6.07) is 12.3. The highest BCUT2D eigenvalue weighted by Gasteiger charge is 2.33. The fourth-order valence-corrected chi connectivity index (χ4v) is 3.18. The van der Waals surface area contributed by atoms with Crippen LogP contribution in [0.5, 0.6) is 0 Å². The molecule has 0 bridgehead atoms. The first kappa shape index (κ1) is 16.6. The summed E-state index contributed by atoms with van der Waals surface area (Å²) < 4.78 is 36.0. The molecule has 0 radical (unpaired) electrons. The van der Waals surface area contributed by atoms with Crippen molar-refractivity contribution in [3.05, 3.63) is 65.5 Å². The molecule has 1 aliphatic carbocycles. The lowest BCUT2D eigenvalue weighted by Gasteiger charge is -2.23. The fraction of sp³-hybridized carbons (Fsp3) is 0.278. The number of sulfone groups is 1. The van der Waals surface area contributed by atoms with Gasteiger partial charge in [-0.3, -0.25) is 4.79 Å². The summed E-state index contributed by atoms with van der Waals surface area (Å²) in [6.07, 6.45) is 3.04. The number of hydrogen-bond acceptors (Lipinski definition) is 3. The third-order valence-corrected chi connectivity index (χ3v) is 5.17. The van der Waals surface area contributed by atoms with E-state index in [0.717, 1.165) is 24.7 Å². The van der Waals surface area contributed by atoms with Crippen molar-refractivity contribution in [2.24, 2.45) is 0 Å². The van der Waals surface area contributed by atoms with Gasteiger partial charge in [-0.15, -0.1) is 0 Å². The maximum absolute atomic E-state index is 13.0. The molecule has 0 aromatic heterocycles. The van der Waals surface area contributed by atoms with E-state index in [1.165, 1.54) is 24.3 Å². The number of nitrogens with zero attached hydrogens (tertiary/aromatic N) is 1. The van der Waals surface area contributed by atoms with Crippen molar-refractivity contribution in [2.45, 2.75) is 30.3 Å². The molecule has 4 nitrogen and oxygen atoms in total. The summed E-state index contributed by atoms with van der Waals surface area (Å²) in [6.45, 7) is 0.414. The van der Waals surface area contributed by atoms with Gasteiger partial charge in [0.15, 0.2) is 9.84 Å². The Hall–Kier alpha value is -2.21. The van der Waals surface area contributed by atoms with Gasteiger partial charge >= 0.3 is 0 Å². The minimum atomic E-state index is -3.28. The van der Waals surface area contributed by atoms with Gasteiger partial charge in [0.2, 0.25) is 0 Å². The Morgan fingerprint density at radius 3 is 2.17 bits per heavy atom. The van der Waals surface area contributed by atoms with E-state index in [0.29, 0.717) is 12.1 Å². The van der Waals surface area contributed by atoms with Crippen molar-refractivity contribution >= 4 is 15.7 Å². The lowest BCUT2D eigenvalue weighted by Crippen LogP contribution is -2.32. The van der Waals surface area contributed by atoms with Crippen LogP contribution < -0.4 is 0 Å². The van der Waals surface area contributed by atoms with E-state index >= 15 is 0 Å². The molecule has 0 unspecified atom stereocenters. The van der Waals surface area contributed by atoms with Crippen LogP contribution in [0.1, 0.15) is 28.8 Å². The Morgan fingerprint density at radius 2 is 1.67 bits per heavy atom. The smallest absolute Gasteiger partial charge is 0.254 e. The highest BCUT2D eigenvalue weighted by atomic mass is 32.2. The lowest BCUT2D eigenvalue weighted by molar-refractivity contribution is 0.0730. The van der Waals surface area contributed by atoms with Crippen LogP contribution in [0.25, 0.3) is 0 Å². The van der Waals surface area contributed by atoms with Crippen LogP contribution in [0.4, 0.5) is 4.39 Å². The summed E-state index contributed by atoms with van der Waals surface area (Å²) in [4.78, 5) is 14.7. The summed E-state index contributed by atoms with van der Waals surface area (Å²) in [5, 5.41) is 0. The van der Waals surface area contributed by atoms with Gasteiger partial charge in [0.05, 0.1) is 4.90 Å². The maximum Gasteiger partial charge on any atom is 0.254 e. The van der Waals surface area contributed by atoms with Crippen molar-refractivity contribution in [1.29, 1.82) is 0 Å². The minimum absolute atomic E-state index is 0.137. The fourth-order valence-electron chi connectivity index (χ4n) is 2.55. The van der Waals surface area contributed by atoms with E-state index < -0.39 is 9.84 Å². The van der Waals surface area contributed by atoms with Gasteiger partial charge in [-0.25, -0.2) is 12.8 Å². The average molecular weight is 347 g/mol. The molecule has 2 aromatic rings. The van der Waals surface area contributed by atoms with Crippen molar-refractivity contribution in [3.63, 3.8) is 0 Å². The third kappa shape index (κ3) is 3.82. The highest BCUT2D eigenvalue weighted by Crippen LogP contribution is 2.30. The molecule has 0 N–H and O–H groups in total. The molecule has 126 valence electrons. The maximum atomic E-state index is 13.0. The molecule has 1 amide bonds. The van der Waals surface area contributed by atoms with Gasteiger partial charge in [0.1, 0.15) is 5.82 Å². The van der Waals surface area contributed by atoms with E-state index in [1.54, 1.807) is 29.2 Å². The Balaban J connectivity index is 1.81. The molecule has 0 aliphatic heterocycles. The van der Waals surface area contributed by atoms with Crippen LogP contribution in [-0.2, 0) is 16.4 Å². The van der Waals surface area contributed by atoms with Gasteiger partial charge in [0, 0.05) is 24.4 Å². The second-order valence-electron chi connectivity index (χ2n) is 6.09. The summed E-state index contributed by atoms with van der Waals surface area (Å²) in [7, 11) is -3.28. The zero-order valence-electron chi connectivity index (χ0n) is 13.3. The number of hydrogen-bond donors (Lipinski definition) is 0. The Morgan fingerprint density at radius 1 is 1.08 bits per heavy atom. The number of amides is 1. The lowest BCUT2D eigenvalue weighted by atomic mass is 10.1. The summed E-state index contributed by atoms with van der Waals surface area (Å²) in [5.74, 6) is -0.443. The van der Waals surface area contributed by atoms with Gasteiger partial charge in [-0.2, -0.15) is 0 Å². The molecule has 3 rings (SSSR count). The number of carbonyl (C=O) groups excluding carboxylic acids is 1. The van der Waals surface area contributed by atoms with E-state index in [1.807, 2.05) is 0 Å². The zero-order valence-corrected chi connectivity index (χ0v) is 14.1. The second kappa shape index (κ2) is 6.36. The SMILES string of the molecule is CS(=O)(=O)c1ccc(C(=O)N(Cc2ccc(F)cc2)C2CC2)cc1. The van der Waals surface area contributed by atoms with Crippen molar-refractivity contribution in [3.8, 4) is 0 Å². The number of carbonyl (C=O) groups is 1. The summed E-state index contributed by atoms with van der Waals surface area (Å²) >= 11 is 0. The monoisotopic (exact) mass is 347 g/mol.